The van der Waals surface area contributed by atoms with Gasteiger partial charge in [-0.3, -0.25) is 4.79 Å². The van der Waals surface area contributed by atoms with Crippen LogP contribution in [0.3, 0.4) is 0 Å². The summed E-state index contributed by atoms with van der Waals surface area (Å²) >= 11 is 0. The molecule has 0 fully saturated rings. The van der Waals surface area contributed by atoms with E-state index in [9.17, 15) is 9.90 Å². The molecule has 0 saturated carbocycles. The number of rotatable bonds is 0. The molecule has 1 atom stereocenters. The molecule has 1 aromatic heterocycles. The molecule has 0 spiro atoms. The van der Waals surface area contributed by atoms with Crippen molar-refractivity contribution in [2.45, 2.75) is 19.1 Å². The number of benzene rings is 1. The molecule has 2 aliphatic heterocycles. The molecule has 1 amide bonds. The van der Waals surface area contributed by atoms with Gasteiger partial charge in [0.25, 0.3) is 5.91 Å². The molecule has 5 nitrogen and oxygen atoms in total. The third-order valence-corrected chi connectivity index (χ3v) is 3.98. The second-order valence-electron chi connectivity index (χ2n) is 5.25. The minimum atomic E-state index is -0.690. The van der Waals surface area contributed by atoms with E-state index in [2.05, 4.69) is 15.6 Å². The highest BCUT2D eigenvalue weighted by Crippen LogP contribution is 2.22. The van der Waals surface area contributed by atoms with Crippen LogP contribution in [0, 0.1) is 0 Å². The van der Waals surface area contributed by atoms with Crippen molar-refractivity contribution in [3.63, 3.8) is 0 Å². The predicted molar refractivity (Wildman–Crippen MR) is 76.3 cm³/mol. The number of amides is 1. The number of hydrogen-bond donors (Lipinski definition) is 4. The fourth-order valence-electron chi connectivity index (χ4n) is 3.04. The number of aliphatic hydroxyl groups is 1. The molecule has 0 aliphatic carbocycles. The fourth-order valence-corrected chi connectivity index (χ4v) is 3.04. The van der Waals surface area contributed by atoms with Crippen LogP contribution in [-0.2, 0) is 6.42 Å². The van der Waals surface area contributed by atoms with Crippen LogP contribution >= 0.6 is 0 Å². The van der Waals surface area contributed by atoms with Gasteiger partial charge in [0, 0.05) is 29.0 Å². The van der Waals surface area contributed by atoms with Crippen molar-refractivity contribution in [1.82, 2.24) is 15.6 Å². The first-order valence-electron chi connectivity index (χ1n) is 6.82. The van der Waals surface area contributed by atoms with Gasteiger partial charge in [0.1, 0.15) is 6.23 Å². The Morgan fingerprint density at radius 3 is 3.10 bits per heavy atom. The van der Waals surface area contributed by atoms with Gasteiger partial charge in [-0.2, -0.15) is 0 Å². The van der Waals surface area contributed by atoms with E-state index in [-0.39, 0.29) is 5.91 Å². The number of H-pyrrole nitrogens is 1. The van der Waals surface area contributed by atoms with Crippen LogP contribution in [0.1, 0.15) is 22.5 Å². The van der Waals surface area contributed by atoms with E-state index in [0.29, 0.717) is 0 Å². The Hall–Kier alpha value is -2.27. The van der Waals surface area contributed by atoms with Crippen LogP contribution in [0.5, 0.6) is 0 Å². The molecule has 5 heteroatoms. The largest absolute Gasteiger partial charge is 0.370 e. The quantitative estimate of drug-likeness (QED) is 0.510. The van der Waals surface area contributed by atoms with Gasteiger partial charge in [-0.1, -0.05) is 12.1 Å². The second kappa shape index (κ2) is 4.11. The minimum absolute atomic E-state index is 0.0119. The number of hydrogen-bond acceptors (Lipinski definition) is 3. The Labute approximate surface area is 115 Å². The van der Waals surface area contributed by atoms with Crippen LogP contribution in [0.25, 0.3) is 23.2 Å². The topological polar surface area (TPSA) is 77.2 Å². The van der Waals surface area contributed by atoms with Crippen molar-refractivity contribution < 1.29 is 9.90 Å². The summed E-state index contributed by atoms with van der Waals surface area (Å²) in [7, 11) is 0. The number of fused-ring (bicyclic) bond motifs is 5. The molecular formula is C15H15N3O2. The van der Waals surface area contributed by atoms with Crippen LogP contribution in [0.4, 0.5) is 0 Å². The molecular weight excluding hydrogens is 254 g/mol. The summed E-state index contributed by atoms with van der Waals surface area (Å²) in [6, 6.07) is 3.94. The highest BCUT2D eigenvalue weighted by molar-refractivity contribution is 6.08. The zero-order valence-electron chi connectivity index (χ0n) is 10.9. The maximum absolute atomic E-state index is 12.2. The number of aromatic nitrogens is 1. The lowest BCUT2D eigenvalue weighted by Gasteiger charge is -2.10. The summed E-state index contributed by atoms with van der Waals surface area (Å²) in [4.78, 5) is 15.6. The van der Waals surface area contributed by atoms with Gasteiger partial charge in [-0.25, -0.2) is 0 Å². The van der Waals surface area contributed by atoms with E-state index >= 15 is 0 Å². The highest BCUT2D eigenvalue weighted by Gasteiger charge is 2.21. The van der Waals surface area contributed by atoms with Gasteiger partial charge in [0.05, 0.1) is 11.1 Å². The molecule has 2 aliphatic rings. The highest BCUT2D eigenvalue weighted by atomic mass is 16.3. The second-order valence-corrected chi connectivity index (χ2v) is 5.25. The van der Waals surface area contributed by atoms with E-state index < -0.39 is 6.23 Å². The number of nitrogens with one attached hydrogen (secondary N) is 3. The first-order chi connectivity index (χ1) is 9.74. The zero-order chi connectivity index (χ0) is 13.7. The Morgan fingerprint density at radius 1 is 1.30 bits per heavy atom. The molecule has 2 aromatic rings. The van der Waals surface area contributed by atoms with Crippen molar-refractivity contribution in [3.8, 4) is 0 Å². The van der Waals surface area contributed by atoms with Crippen molar-refractivity contribution in [1.29, 1.82) is 0 Å². The lowest BCUT2D eigenvalue weighted by atomic mass is 10.1. The standard InChI is InChI=1S/C15H15N3O2/c19-12-6-10-8(7-17-12)3-4-9-13-11(18-14(9)10)2-1-5-16-15(13)20/h3-4,6-7,12,17-19H,1-2,5H2,(H,16,20). The van der Waals surface area contributed by atoms with E-state index in [4.69, 9.17) is 0 Å². The summed E-state index contributed by atoms with van der Waals surface area (Å²) in [5.74, 6) is -0.0119. The van der Waals surface area contributed by atoms with Crippen molar-refractivity contribution >= 4 is 29.1 Å². The summed E-state index contributed by atoms with van der Waals surface area (Å²) in [5.41, 5.74) is 2.67. The maximum atomic E-state index is 12.2. The minimum Gasteiger partial charge on any atom is -0.370 e. The fraction of sp³-hybridized carbons (Fsp3) is 0.267. The van der Waals surface area contributed by atoms with Crippen LogP contribution in [0.2, 0.25) is 0 Å². The normalized spacial score (nSPS) is 20.9. The predicted octanol–water partition coefficient (Wildman–Crippen LogP) is -0.716. The Morgan fingerprint density at radius 2 is 2.20 bits per heavy atom. The molecule has 4 rings (SSSR count). The molecule has 4 N–H and O–H groups in total. The molecule has 0 radical (unpaired) electrons. The summed E-state index contributed by atoms with van der Waals surface area (Å²) < 4.78 is 0. The van der Waals surface area contributed by atoms with Gasteiger partial charge in [0.2, 0.25) is 0 Å². The maximum Gasteiger partial charge on any atom is 0.253 e. The Balaban J connectivity index is 2.11. The van der Waals surface area contributed by atoms with Crippen LogP contribution in [-0.4, -0.2) is 28.8 Å². The summed E-state index contributed by atoms with van der Waals surface area (Å²) in [5, 5.41) is 18.4. The third-order valence-electron chi connectivity index (χ3n) is 3.98. The first kappa shape index (κ1) is 11.5. The van der Waals surface area contributed by atoms with Crippen molar-refractivity contribution in [2.75, 3.05) is 6.54 Å². The molecule has 20 heavy (non-hydrogen) atoms. The molecule has 0 saturated heterocycles. The Bertz CT molecular complexity index is 835. The van der Waals surface area contributed by atoms with Gasteiger partial charge in [0.15, 0.2) is 0 Å². The molecule has 1 unspecified atom stereocenters. The van der Waals surface area contributed by atoms with Crippen molar-refractivity contribution in [2.24, 2.45) is 0 Å². The van der Waals surface area contributed by atoms with E-state index in [1.54, 1.807) is 12.3 Å². The van der Waals surface area contributed by atoms with E-state index in [1.807, 2.05) is 12.1 Å². The number of aryl methyl sites for hydroxylation is 1. The Kier molecular flexibility index (Phi) is 2.37. The van der Waals surface area contributed by atoms with Gasteiger partial charge in [-0.15, -0.1) is 0 Å². The van der Waals surface area contributed by atoms with Gasteiger partial charge < -0.3 is 20.7 Å². The lowest BCUT2D eigenvalue weighted by Crippen LogP contribution is -2.38. The van der Waals surface area contributed by atoms with E-state index in [0.717, 1.165) is 52.0 Å². The monoisotopic (exact) mass is 269 g/mol. The summed E-state index contributed by atoms with van der Waals surface area (Å²) in [6.45, 7) is 0.719. The van der Waals surface area contributed by atoms with Gasteiger partial charge in [-0.05, 0) is 24.1 Å². The molecule has 1 aromatic carbocycles. The van der Waals surface area contributed by atoms with Crippen LogP contribution in [0.15, 0.2) is 12.1 Å². The average Bonchev–Trinajstić information content (AvgIpc) is 2.72. The van der Waals surface area contributed by atoms with Crippen LogP contribution < -0.4 is 21.1 Å². The average molecular weight is 269 g/mol. The number of carbonyl (C=O) groups is 1. The number of aliphatic hydroxyl groups excluding tert-OH is 1. The number of aromatic amines is 1. The van der Waals surface area contributed by atoms with Crippen molar-refractivity contribution in [3.05, 3.63) is 33.8 Å². The molecule has 3 heterocycles. The summed E-state index contributed by atoms with van der Waals surface area (Å²) in [6.07, 6.45) is 4.68. The molecule has 102 valence electrons. The zero-order valence-corrected chi connectivity index (χ0v) is 10.9. The first-order valence-corrected chi connectivity index (χ1v) is 6.82. The lowest BCUT2D eigenvalue weighted by molar-refractivity contribution is 0.0957. The SMILES string of the molecule is O=C1NCCCc2[nH]c3c4c(ccc3c21)=CNC(O)C=4. The van der Waals surface area contributed by atoms with Gasteiger partial charge >= 0.3 is 0 Å². The number of carbonyl (C=O) groups excluding carboxylic acids is 1. The van der Waals surface area contributed by atoms with E-state index in [1.165, 1.54) is 0 Å². The molecule has 0 bridgehead atoms. The third kappa shape index (κ3) is 1.56. The smallest absolute Gasteiger partial charge is 0.253 e.